The van der Waals surface area contributed by atoms with Gasteiger partial charge < -0.3 is 14.8 Å². The lowest BCUT2D eigenvalue weighted by molar-refractivity contribution is 0.174. The van der Waals surface area contributed by atoms with Crippen molar-refractivity contribution >= 4 is 11.6 Å². The molecular weight excluding hydrogens is 226 g/mol. The van der Waals surface area contributed by atoms with Crippen LogP contribution in [0.3, 0.4) is 0 Å². The van der Waals surface area contributed by atoms with E-state index in [1.807, 2.05) is 12.1 Å². The van der Waals surface area contributed by atoms with Crippen LogP contribution < -0.4 is 14.8 Å². The van der Waals surface area contributed by atoms with Gasteiger partial charge in [0.2, 0.25) is 6.79 Å². The average Bonchev–Trinajstić information content (AvgIpc) is 2.79. The number of ether oxygens (including phenoxy) is 2. The molecule has 2 aliphatic heterocycles. The summed E-state index contributed by atoms with van der Waals surface area (Å²) in [5.41, 5.74) is 1.20. The molecule has 3 nitrogen and oxygen atoms in total. The molecule has 1 aromatic carbocycles. The van der Waals surface area contributed by atoms with E-state index < -0.39 is 0 Å². The van der Waals surface area contributed by atoms with Crippen molar-refractivity contribution in [2.24, 2.45) is 0 Å². The zero-order valence-corrected chi connectivity index (χ0v) is 9.72. The number of fused-ring (bicyclic) bond motifs is 1. The highest BCUT2D eigenvalue weighted by Gasteiger charge is 2.22. The van der Waals surface area contributed by atoms with Crippen LogP contribution in [-0.4, -0.2) is 13.3 Å². The standard InChI is InChI=1S/C12H14ClNO2/c13-9-5-8(10-3-1-2-4-14-10)6-11-12(9)16-7-15-11/h5-6,10,14H,1-4,7H2. The fourth-order valence-electron chi connectivity index (χ4n) is 2.32. The first kappa shape index (κ1) is 10.2. The third-order valence-corrected chi connectivity index (χ3v) is 3.44. The molecule has 0 aliphatic carbocycles. The van der Waals surface area contributed by atoms with Crippen molar-refractivity contribution in [3.63, 3.8) is 0 Å². The van der Waals surface area contributed by atoms with E-state index in [-0.39, 0.29) is 6.79 Å². The van der Waals surface area contributed by atoms with Gasteiger partial charge in [0.1, 0.15) is 0 Å². The highest BCUT2D eigenvalue weighted by Crippen LogP contribution is 2.41. The van der Waals surface area contributed by atoms with Crippen LogP contribution >= 0.6 is 11.6 Å². The zero-order chi connectivity index (χ0) is 11.0. The zero-order valence-electron chi connectivity index (χ0n) is 8.96. The summed E-state index contributed by atoms with van der Waals surface area (Å²) >= 11 is 6.16. The van der Waals surface area contributed by atoms with Crippen LogP contribution in [0.25, 0.3) is 0 Å². The van der Waals surface area contributed by atoms with E-state index in [0.29, 0.717) is 16.8 Å². The van der Waals surface area contributed by atoms with Gasteiger partial charge in [0.05, 0.1) is 5.02 Å². The van der Waals surface area contributed by atoms with Gasteiger partial charge in [0.25, 0.3) is 0 Å². The SMILES string of the molecule is Clc1cc(C2CCCCN2)cc2c1OCO2. The summed E-state index contributed by atoms with van der Waals surface area (Å²) in [6.45, 7) is 1.35. The molecule has 0 radical (unpaired) electrons. The number of piperidine rings is 1. The van der Waals surface area contributed by atoms with E-state index in [1.54, 1.807) is 0 Å². The maximum absolute atomic E-state index is 6.16. The molecule has 1 N–H and O–H groups in total. The summed E-state index contributed by atoms with van der Waals surface area (Å²) in [5, 5.41) is 4.15. The maximum atomic E-state index is 6.16. The lowest BCUT2D eigenvalue weighted by Gasteiger charge is -2.24. The Kier molecular flexibility index (Phi) is 2.65. The smallest absolute Gasteiger partial charge is 0.231 e. The van der Waals surface area contributed by atoms with Crippen molar-refractivity contribution < 1.29 is 9.47 Å². The van der Waals surface area contributed by atoms with E-state index in [9.17, 15) is 0 Å². The minimum atomic E-state index is 0.274. The van der Waals surface area contributed by atoms with E-state index in [0.717, 1.165) is 18.7 Å². The van der Waals surface area contributed by atoms with E-state index in [1.165, 1.54) is 18.4 Å². The van der Waals surface area contributed by atoms with Crippen molar-refractivity contribution in [3.8, 4) is 11.5 Å². The monoisotopic (exact) mass is 239 g/mol. The molecule has 0 bridgehead atoms. The van der Waals surface area contributed by atoms with Crippen molar-refractivity contribution in [2.45, 2.75) is 25.3 Å². The Hall–Kier alpha value is -0.930. The van der Waals surface area contributed by atoms with Crippen LogP contribution in [0.1, 0.15) is 30.9 Å². The van der Waals surface area contributed by atoms with Crippen LogP contribution in [0.5, 0.6) is 11.5 Å². The Balaban J connectivity index is 1.92. The summed E-state index contributed by atoms with van der Waals surface area (Å²) in [6, 6.07) is 4.43. The first-order valence-corrected chi connectivity index (χ1v) is 6.05. The van der Waals surface area contributed by atoms with Crippen LogP contribution in [0, 0.1) is 0 Å². The Labute approximate surface area is 99.7 Å². The molecule has 0 aromatic heterocycles. The van der Waals surface area contributed by atoms with Gasteiger partial charge in [-0.1, -0.05) is 18.0 Å². The lowest BCUT2D eigenvalue weighted by atomic mass is 9.97. The molecule has 1 saturated heterocycles. The van der Waals surface area contributed by atoms with E-state index >= 15 is 0 Å². The predicted molar refractivity (Wildman–Crippen MR) is 62.2 cm³/mol. The Morgan fingerprint density at radius 2 is 2.19 bits per heavy atom. The van der Waals surface area contributed by atoms with Crippen molar-refractivity contribution in [3.05, 3.63) is 22.7 Å². The van der Waals surface area contributed by atoms with Crippen molar-refractivity contribution in [1.82, 2.24) is 5.32 Å². The minimum absolute atomic E-state index is 0.274. The van der Waals surface area contributed by atoms with E-state index in [2.05, 4.69) is 5.32 Å². The second kappa shape index (κ2) is 4.15. The number of halogens is 1. The van der Waals surface area contributed by atoms with Crippen LogP contribution in [0.2, 0.25) is 5.02 Å². The molecule has 2 aliphatic rings. The molecular formula is C12H14ClNO2. The second-order valence-electron chi connectivity index (χ2n) is 4.24. The molecule has 0 saturated carbocycles. The molecule has 1 fully saturated rings. The van der Waals surface area contributed by atoms with Gasteiger partial charge in [0, 0.05) is 6.04 Å². The molecule has 1 atom stereocenters. The van der Waals surface area contributed by atoms with Gasteiger partial charge in [-0.25, -0.2) is 0 Å². The number of nitrogens with one attached hydrogen (secondary N) is 1. The fourth-order valence-corrected chi connectivity index (χ4v) is 2.60. The van der Waals surface area contributed by atoms with E-state index in [4.69, 9.17) is 21.1 Å². The van der Waals surface area contributed by atoms with Gasteiger partial charge in [-0.3, -0.25) is 0 Å². The number of benzene rings is 1. The predicted octanol–water partition coefficient (Wildman–Crippen LogP) is 2.88. The molecule has 4 heteroatoms. The maximum Gasteiger partial charge on any atom is 0.231 e. The quantitative estimate of drug-likeness (QED) is 0.818. The molecule has 0 amide bonds. The second-order valence-corrected chi connectivity index (χ2v) is 4.65. The van der Waals surface area contributed by atoms with Crippen LogP contribution in [0.4, 0.5) is 0 Å². The number of hydrogen-bond acceptors (Lipinski definition) is 3. The summed E-state index contributed by atoms with van der Waals surface area (Å²) in [4.78, 5) is 0. The van der Waals surface area contributed by atoms with Gasteiger partial charge in [-0.15, -0.1) is 0 Å². The highest BCUT2D eigenvalue weighted by molar-refractivity contribution is 6.32. The summed E-state index contributed by atoms with van der Waals surface area (Å²) in [7, 11) is 0. The molecule has 1 unspecified atom stereocenters. The van der Waals surface area contributed by atoms with Gasteiger partial charge in [-0.05, 0) is 37.1 Å². The topological polar surface area (TPSA) is 30.5 Å². The number of rotatable bonds is 1. The first-order valence-electron chi connectivity index (χ1n) is 5.67. The lowest BCUT2D eigenvalue weighted by Crippen LogP contribution is -2.26. The molecule has 2 heterocycles. The molecule has 1 aromatic rings. The Morgan fingerprint density at radius 1 is 1.25 bits per heavy atom. The van der Waals surface area contributed by atoms with Gasteiger partial charge in [0.15, 0.2) is 11.5 Å². The van der Waals surface area contributed by atoms with Crippen molar-refractivity contribution in [2.75, 3.05) is 13.3 Å². The minimum Gasteiger partial charge on any atom is -0.454 e. The molecule has 86 valence electrons. The molecule has 3 rings (SSSR count). The molecule has 0 spiro atoms. The van der Waals surface area contributed by atoms with Crippen LogP contribution in [0.15, 0.2) is 12.1 Å². The average molecular weight is 240 g/mol. The summed E-state index contributed by atoms with van der Waals surface area (Å²) < 4.78 is 10.7. The van der Waals surface area contributed by atoms with Crippen molar-refractivity contribution in [1.29, 1.82) is 0 Å². The Bertz CT molecular complexity index is 402. The highest BCUT2D eigenvalue weighted by atomic mass is 35.5. The largest absolute Gasteiger partial charge is 0.454 e. The third-order valence-electron chi connectivity index (χ3n) is 3.16. The Morgan fingerprint density at radius 3 is 3.00 bits per heavy atom. The summed E-state index contributed by atoms with van der Waals surface area (Å²) in [5.74, 6) is 1.45. The molecule has 16 heavy (non-hydrogen) atoms. The van der Waals surface area contributed by atoms with Gasteiger partial charge >= 0.3 is 0 Å². The summed E-state index contributed by atoms with van der Waals surface area (Å²) in [6.07, 6.45) is 3.69. The first-order chi connectivity index (χ1) is 7.84. The fraction of sp³-hybridized carbons (Fsp3) is 0.500. The van der Waals surface area contributed by atoms with Crippen LogP contribution in [-0.2, 0) is 0 Å². The third kappa shape index (κ3) is 1.74. The normalized spacial score (nSPS) is 23.4. The van der Waals surface area contributed by atoms with Gasteiger partial charge in [-0.2, -0.15) is 0 Å². The number of hydrogen-bond donors (Lipinski definition) is 1.